The van der Waals surface area contributed by atoms with Gasteiger partial charge in [-0.25, -0.2) is 13.1 Å². The zero-order valence-corrected chi connectivity index (χ0v) is 18.4. The third-order valence-corrected chi connectivity index (χ3v) is 7.08. The maximum absolute atomic E-state index is 12.6. The van der Waals surface area contributed by atoms with Gasteiger partial charge < -0.3 is 4.90 Å². The van der Waals surface area contributed by atoms with Gasteiger partial charge in [0.15, 0.2) is 0 Å². The van der Waals surface area contributed by atoms with Crippen molar-refractivity contribution in [1.29, 1.82) is 0 Å². The van der Waals surface area contributed by atoms with E-state index in [1.54, 1.807) is 38.2 Å². The molecule has 10 heteroatoms. The van der Waals surface area contributed by atoms with Gasteiger partial charge in [0, 0.05) is 44.3 Å². The number of piperazine rings is 1. The lowest BCUT2D eigenvalue weighted by atomic mass is 10.1. The fraction of sp³-hybridized carbons (Fsp3) is 0.474. The van der Waals surface area contributed by atoms with E-state index in [-0.39, 0.29) is 10.6 Å². The predicted octanol–water partition coefficient (Wildman–Crippen LogP) is 3.06. The Kier molecular flexibility index (Phi) is 6.27. The van der Waals surface area contributed by atoms with Crippen LogP contribution in [0, 0.1) is 10.1 Å². The molecule has 1 aliphatic heterocycles. The van der Waals surface area contributed by atoms with E-state index in [1.165, 1.54) is 11.6 Å². The molecule has 0 atom stereocenters. The third kappa shape index (κ3) is 5.53. The number of nitro benzene ring substituents is 1. The smallest absolute Gasteiger partial charge is 0.293 e. The molecule has 2 heterocycles. The van der Waals surface area contributed by atoms with Crippen LogP contribution in [0.25, 0.3) is 0 Å². The maximum atomic E-state index is 12.6. The normalized spacial score (nSPS) is 16.2. The molecule has 1 aromatic heterocycles. The molecule has 1 N–H and O–H groups in total. The molecule has 1 saturated heterocycles. The van der Waals surface area contributed by atoms with Gasteiger partial charge in [-0.15, -0.1) is 0 Å². The van der Waals surface area contributed by atoms with Crippen LogP contribution in [0.2, 0.25) is 0 Å². The van der Waals surface area contributed by atoms with Crippen molar-refractivity contribution < 1.29 is 13.3 Å². The Morgan fingerprint density at radius 2 is 1.86 bits per heavy atom. The SMILES string of the molecule is CC(C)(C)NS(=O)(=O)c1ccc(N2CCN(Cc3ccsc3)CC2)c([N+](=O)[O-])c1. The zero-order chi connectivity index (χ0) is 21.2. The summed E-state index contributed by atoms with van der Waals surface area (Å²) in [5, 5.41) is 15.8. The van der Waals surface area contributed by atoms with Gasteiger partial charge in [0.05, 0.1) is 9.82 Å². The summed E-state index contributed by atoms with van der Waals surface area (Å²) in [5.74, 6) is 0. The number of anilines is 1. The Morgan fingerprint density at radius 1 is 1.17 bits per heavy atom. The van der Waals surface area contributed by atoms with Gasteiger partial charge in [-0.3, -0.25) is 15.0 Å². The molecular formula is C19H26N4O4S2. The summed E-state index contributed by atoms with van der Waals surface area (Å²) in [7, 11) is -3.84. The van der Waals surface area contributed by atoms with Gasteiger partial charge in [0.25, 0.3) is 5.69 Å². The van der Waals surface area contributed by atoms with Crippen molar-refractivity contribution in [3.8, 4) is 0 Å². The van der Waals surface area contributed by atoms with Crippen LogP contribution in [-0.2, 0) is 16.6 Å². The molecule has 0 bridgehead atoms. The van der Waals surface area contributed by atoms with Gasteiger partial charge in [-0.2, -0.15) is 11.3 Å². The standard InChI is InChI=1S/C19H26N4O4S2/c1-19(2,3)20-29(26,27)16-4-5-17(18(12-16)23(24)25)22-9-7-21(8-10-22)13-15-6-11-28-14-15/h4-6,11-12,14,20H,7-10,13H2,1-3H3. The summed E-state index contributed by atoms with van der Waals surface area (Å²) < 4.78 is 27.6. The molecule has 3 rings (SSSR count). The Bertz CT molecular complexity index is 961. The van der Waals surface area contributed by atoms with Crippen LogP contribution in [0.4, 0.5) is 11.4 Å². The van der Waals surface area contributed by atoms with Crippen LogP contribution in [0.3, 0.4) is 0 Å². The van der Waals surface area contributed by atoms with E-state index in [0.29, 0.717) is 18.8 Å². The Balaban J connectivity index is 1.77. The predicted molar refractivity (Wildman–Crippen MR) is 115 cm³/mol. The molecule has 8 nitrogen and oxygen atoms in total. The summed E-state index contributed by atoms with van der Waals surface area (Å²) in [6.45, 7) is 8.93. The number of nitrogens with zero attached hydrogens (tertiary/aromatic N) is 3. The van der Waals surface area contributed by atoms with Crippen molar-refractivity contribution in [1.82, 2.24) is 9.62 Å². The first-order valence-electron chi connectivity index (χ1n) is 9.36. The second kappa shape index (κ2) is 8.39. The highest BCUT2D eigenvalue weighted by Crippen LogP contribution is 2.32. The summed E-state index contributed by atoms with van der Waals surface area (Å²) in [4.78, 5) is 15.3. The number of benzene rings is 1. The lowest BCUT2D eigenvalue weighted by molar-refractivity contribution is -0.384. The first-order valence-corrected chi connectivity index (χ1v) is 11.8. The number of hydrogen-bond acceptors (Lipinski definition) is 7. The van der Waals surface area contributed by atoms with Crippen molar-refractivity contribution in [3.63, 3.8) is 0 Å². The summed E-state index contributed by atoms with van der Waals surface area (Å²) in [6.07, 6.45) is 0. The van der Waals surface area contributed by atoms with Gasteiger partial charge in [0.1, 0.15) is 5.69 Å². The topological polar surface area (TPSA) is 95.8 Å². The number of nitro groups is 1. The van der Waals surface area contributed by atoms with Crippen LogP contribution in [0.15, 0.2) is 39.9 Å². The van der Waals surface area contributed by atoms with Crippen LogP contribution in [0.1, 0.15) is 26.3 Å². The maximum Gasteiger partial charge on any atom is 0.293 e. The highest BCUT2D eigenvalue weighted by molar-refractivity contribution is 7.89. The third-order valence-electron chi connectivity index (χ3n) is 4.59. The monoisotopic (exact) mass is 438 g/mol. The highest BCUT2D eigenvalue weighted by atomic mass is 32.2. The molecule has 0 spiro atoms. The van der Waals surface area contributed by atoms with E-state index in [4.69, 9.17) is 0 Å². The minimum atomic E-state index is -3.84. The number of nitrogens with one attached hydrogen (secondary N) is 1. The van der Waals surface area contributed by atoms with Gasteiger partial charge in [0.2, 0.25) is 10.0 Å². The molecule has 0 unspecified atom stereocenters. The van der Waals surface area contributed by atoms with Gasteiger partial charge >= 0.3 is 0 Å². The highest BCUT2D eigenvalue weighted by Gasteiger charge is 2.28. The molecule has 0 radical (unpaired) electrons. The molecular weight excluding hydrogens is 412 g/mol. The van der Waals surface area contributed by atoms with Crippen molar-refractivity contribution in [2.24, 2.45) is 0 Å². The molecule has 1 fully saturated rings. The zero-order valence-electron chi connectivity index (χ0n) is 16.8. The van der Waals surface area contributed by atoms with Gasteiger partial charge in [-0.1, -0.05) is 0 Å². The quantitative estimate of drug-likeness (QED) is 0.550. The lowest BCUT2D eigenvalue weighted by Crippen LogP contribution is -2.46. The van der Waals surface area contributed by atoms with Crippen molar-refractivity contribution in [2.75, 3.05) is 31.1 Å². The number of sulfonamides is 1. The molecule has 29 heavy (non-hydrogen) atoms. The fourth-order valence-electron chi connectivity index (χ4n) is 3.33. The van der Waals surface area contributed by atoms with Crippen LogP contribution in [0.5, 0.6) is 0 Å². The average Bonchev–Trinajstić information content (AvgIpc) is 3.13. The summed E-state index contributed by atoms with van der Waals surface area (Å²) >= 11 is 1.67. The van der Waals surface area contributed by atoms with Crippen molar-refractivity contribution in [3.05, 3.63) is 50.7 Å². The summed E-state index contributed by atoms with van der Waals surface area (Å²) in [6, 6.07) is 6.24. The first kappa shape index (κ1) is 21.7. The lowest BCUT2D eigenvalue weighted by Gasteiger charge is -2.35. The second-order valence-electron chi connectivity index (χ2n) is 8.16. The summed E-state index contributed by atoms with van der Waals surface area (Å²) in [5.41, 5.74) is 0.869. The van der Waals surface area contributed by atoms with E-state index >= 15 is 0 Å². The van der Waals surface area contributed by atoms with E-state index < -0.39 is 20.5 Å². The van der Waals surface area contributed by atoms with E-state index in [1.807, 2.05) is 4.90 Å². The second-order valence-corrected chi connectivity index (χ2v) is 10.6. The van der Waals surface area contributed by atoms with Gasteiger partial charge in [-0.05, 0) is 55.3 Å². The molecule has 0 amide bonds. The van der Waals surface area contributed by atoms with E-state index in [0.717, 1.165) is 25.7 Å². The van der Waals surface area contributed by atoms with Crippen LogP contribution < -0.4 is 9.62 Å². The van der Waals surface area contributed by atoms with Crippen molar-refractivity contribution >= 4 is 32.7 Å². The molecule has 158 valence electrons. The molecule has 2 aromatic rings. The molecule has 0 saturated carbocycles. The Hall–Kier alpha value is -2.01. The van der Waals surface area contributed by atoms with E-state index in [9.17, 15) is 18.5 Å². The molecule has 1 aromatic carbocycles. The Morgan fingerprint density at radius 3 is 2.41 bits per heavy atom. The fourth-order valence-corrected chi connectivity index (χ4v) is 5.43. The Labute approximate surface area is 175 Å². The largest absolute Gasteiger partial charge is 0.363 e. The van der Waals surface area contributed by atoms with E-state index in [2.05, 4.69) is 26.4 Å². The average molecular weight is 439 g/mol. The number of thiophene rings is 1. The first-order chi connectivity index (χ1) is 13.5. The van der Waals surface area contributed by atoms with Crippen LogP contribution in [-0.4, -0.2) is 50.0 Å². The van der Waals surface area contributed by atoms with Crippen molar-refractivity contribution in [2.45, 2.75) is 37.8 Å². The minimum Gasteiger partial charge on any atom is -0.363 e. The molecule has 1 aliphatic rings. The number of rotatable bonds is 6. The number of hydrogen-bond donors (Lipinski definition) is 1. The minimum absolute atomic E-state index is 0.0982. The molecule has 0 aliphatic carbocycles. The van der Waals surface area contributed by atoms with Crippen LogP contribution >= 0.6 is 11.3 Å².